The van der Waals surface area contributed by atoms with Crippen LogP contribution >= 0.6 is 0 Å². The van der Waals surface area contributed by atoms with E-state index in [1.165, 1.54) is 4.90 Å². The van der Waals surface area contributed by atoms with Gasteiger partial charge in [0.25, 0.3) is 0 Å². The Balaban J connectivity index is 2.57. The van der Waals surface area contributed by atoms with Crippen molar-refractivity contribution in [3.63, 3.8) is 0 Å². The third kappa shape index (κ3) is 4.33. The van der Waals surface area contributed by atoms with Crippen molar-refractivity contribution < 1.29 is 18.9 Å². The minimum absolute atomic E-state index is 0.258. The first kappa shape index (κ1) is 14.0. The predicted molar refractivity (Wildman–Crippen MR) is 64.3 cm³/mol. The molecule has 0 aliphatic carbocycles. The zero-order valence-corrected chi connectivity index (χ0v) is 10.7. The highest BCUT2D eigenvalue weighted by Crippen LogP contribution is 2.05. The molecule has 0 aromatic rings. The van der Waals surface area contributed by atoms with Crippen molar-refractivity contribution in [2.45, 2.75) is 13.3 Å². The largest absolute Gasteiger partial charge is 0.480 e. The molecule has 1 N–H and O–H groups in total. The molecule has 0 aromatic carbocycles. The molecule has 0 saturated carbocycles. The monoisotopic (exact) mass is 262 g/mol. The maximum absolute atomic E-state index is 12.0. The number of rotatable bonds is 4. The molecule has 0 spiro atoms. The number of hydrogen-bond donors (Lipinski definition) is 1. The molecular formula is C10H18N2O4S. The molecule has 2 amide bonds. The minimum Gasteiger partial charge on any atom is -0.480 e. The van der Waals surface area contributed by atoms with Gasteiger partial charge in [-0.2, -0.15) is 0 Å². The van der Waals surface area contributed by atoms with Crippen LogP contribution in [0.5, 0.6) is 0 Å². The number of carboxylic acid groups (broad SMARTS) is 1. The van der Waals surface area contributed by atoms with Gasteiger partial charge in [-0.25, -0.2) is 4.79 Å². The van der Waals surface area contributed by atoms with Crippen LogP contribution in [0, 0.1) is 0 Å². The number of urea groups is 1. The van der Waals surface area contributed by atoms with Crippen molar-refractivity contribution >= 4 is 22.8 Å². The Morgan fingerprint density at radius 1 is 1.35 bits per heavy atom. The van der Waals surface area contributed by atoms with E-state index in [4.69, 9.17) is 5.11 Å². The van der Waals surface area contributed by atoms with E-state index >= 15 is 0 Å². The van der Waals surface area contributed by atoms with Gasteiger partial charge in [-0.15, -0.1) is 0 Å². The fourth-order valence-corrected chi connectivity index (χ4v) is 2.76. The molecule has 1 aliphatic rings. The first-order valence-corrected chi connectivity index (χ1v) is 7.14. The molecule has 98 valence electrons. The van der Waals surface area contributed by atoms with E-state index in [1.54, 1.807) is 4.90 Å². The van der Waals surface area contributed by atoms with Gasteiger partial charge in [-0.1, -0.05) is 6.92 Å². The fraction of sp³-hybridized carbons (Fsp3) is 0.800. The van der Waals surface area contributed by atoms with Crippen LogP contribution in [0.25, 0.3) is 0 Å². The van der Waals surface area contributed by atoms with Crippen LogP contribution in [0.15, 0.2) is 0 Å². The summed E-state index contributed by atoms with van der Waals surface area (Å²) in [5.74, 6) is -0.0373. The van der Waals surface area contributed by atoms with E-state index in [1.807, 2.05) is 6.92 Å². The Kier molecular flexibility index (Phi) is 5.40. The van der Waals surface area contributed by atoms with Gasteiger partial charge in [0, 0.05) is 41.9 Å². The van der Waals surface area contributed by atoms with Crippen LogP contribution in [0.4, 0.5) is 4.79 Å². The van der Waals surface area contributed by atoms with Gasteiger partial charge in [-0.05, 0) is 6.42 Å². The maximum Gasteiger partial charge on any atom is 0.323 e. The second kappa shape index (κ2) is 6.58. The van der Waals surface area contributed by atoms with Crippen molar-refractivity contribution in [3.05, 3.63) is 0 Å². The van der Waals surface area contributed by atoms with E-state index in [-0.39, 0.29) is 12.6 Å². The Morgan fingerprint density at radius 2 is 1.94 bits per heavy atom. The van der Waals surface area contributed by atoms with Crippen LogP contribution < -0.4 is 0 Å². The van der Waals surface area contributed by atoms with Crippen LogP contribution in [-0.2, 0) is 15.6 Å². The van der Waals surface area contributed by atoms with Crippen molar-refractivity contribution in [2.75, 3.05) is 37.7 Å². The van der Waals surface area contributed by atoms with E-state index in [9.17, 15) is 13.8 Å². The summed E-state index contributed by atoms with van der Waals surface area (Å²) in [5, 5.41) is 8.74. The van der Waals surface area contributed by atoms with E-state index in [2.05, 4.69) is 0 Å². The Morgan fingerprint density at radius 3 is 2.41 bits per heavy atom. The highest BCUT2D eigenvalue weighted by molar-refractivity contribution is 7.85. The van der Waals surface area contributed by atoms with Crippen molar-refractivity contribution in [3.8, 4) is 0 Å². The third-order valence-electron chi connectivity index (χ3n) is 2.54. The van der Waals surface area contributed by atoms with E-state index < -0.39 is 16.8 Å². The Labute approximate surface area is 103 Å². The smallest absolute Gasteiger partial charge is 0.323 e. The molecule has 0 atom stereocenters. The van der Waals surface area contributed by atoms with Gasteiger partial charge in [0.1, 0.15) is 6.54 Å². The minimum atomic E-state index is -1.01. The van der Waals surface area contributed by atoms with Gasteiger partial charge in [0.15, 0.2) is 0 Å². The lowest BCUT2D eigenvalue weighted by atomic mass is 10.4. The van der Waals surface area contributed by atoms with Crippen LogP contribution in [-0.4, -0.2) is 68.8 Å². The molecular weight excluding hydrogens is 244 g/mol. The second-order valence-corrected chi connectivity index (χ2v) is 5.63. The number of carboxylic acids is 1. The summed E-state index contributed by atoms with van der Waals surface area (Å²) in [7, 11) is -0.834. The lowest BCUT2D eigenvalue weighted by Crippen LogP contribution is -2.50. The summed E-state index contributed by atoms with van der Waals surface area (Å²) in [5.41, 5.74) is 0. The van der Waals surface area contributed by atoms with E-state index in [0.717, 1.165) is 6.42 Å². The number of hydrogen-bond acceptors (Lipinski definition) is 3. The summed E-state index contributed by atoms with van der Waals surface area (Å²) >= 11 is 0. The summed E-state index contributed by atoms with van der Waals surface area (Å²) in [6, 6.07) is -0.258. The van der Waals surface area contributed by atoms with Gasteiger partial charge < -0.3 is 14.9 Å². The maximum atomic E-state index is 12.0. The average molecular weight is 262 g/mol. The number of carbonyl (C=O) groups is 2. The number of carbonyl (C=O) groups excluding carboxylic acids is 1. The lowest BCUT2D eigenvalue weighted by molar-refractivity contribution is -0.137. The molecule has 1 saturated heterocycles. The molecule has 0 aromatic heterocycles. The predicted octanol–water partition coefficient (Wildman–Crippen LogP) is -0.0327. The molecule has 17 heavy (non-hydrogen) atoms. The van der Waals surface area contributed by atoms with Gasteiger partial charge in [-0.3, -0.25) is 9.00 Å². The second-order valence-electron chi connectivity index (χ2n) is 3.93. The summed E-state index contributed by atoms with van der Waals surface area (Å²) in [4.78, 5) is 25.6. The Hall–Kier alpha value is -1.11. The summed E-state index contributed by atoms with van der Waals surface area (Å²) in [6.45, 7) is 2.96. The lowest BCUT2D eigenvalue weighted by Gasteiger charge is -2.31. The molecule has 0 radical (unpaired) electrons. The van der Waals surface area contributed by atoms with Crippen molar-refractivity contribution in [1.29, 1.82) is 0 Å². The molecule has 6 nitrogen and oxygen atoms in total. The van der Waals surface area contributed by atoms with Crippen molar-refractivity contribution in [2.24, 2.45) is 0 Å². The molecule has 1 aliphatic heterocycles. The number of nitrogens with zero attached hydrogens (tertiary/aromatic N) is 2. The fourth-order valence-electron chi connectivity index (χ4n) is 1.70. The molecule has 0 bridgehead atoms. The first-order valence-electron chi connectivity index (χ1n) is 5.65. The highest BCUT2D eigenvalue weighted by atomic mass is 32.2. The quantitative estimate of drug-likeness (QED) is 0.771. The molecule has 1 rings (SSSR count). The zero-order valence-electron chi connectivity index (χ0n) is 9.92. The van der Waals surface area contributed by atoms with E-state index in [0.29, 0.717) is 31.1 Å². The summed E-state index contributed by atoms with van der Waals surface area (Å²) < 4.78 is 11.2. The molecule has 1 heterocycles. The van der Waals surface area contributed by atoms with Gasteiger partial charge in [0.05, 0.1) is 0 Å². The number of aliphatic carboxylic acids is 1. The first-order chi connectivity index (χ1) is 8.04. The van der Waals surface area contributed by atoms with Crippen LogP contribution in [0.3, 0.4) is 0 Å². The molecule has 7 heteroatoms. The third-order valence-corrected chi connectivity index (χ3v) is 3.81. The Bertz CT molecular complexity index is 311. The van der Waals surface area contributed by atoms with Crippen LogP contribution in [0.2, 0.25) is 0 Å². The van der Waals surface area contributed by atoms with Crippen LogP contribution in [0.1, 0.15) is 13.3 Å². The van der Waals surface area contributed by atoms with Crippen molar-refractivity contribution in [1.82, 2.24) is 9.80 Å². The standard InChI is InChI=1S/C10H18N2O4S/c1-2-3-12(8-9(13)14)10(15)11-4-6-17(16)7-5-11/h2-8H2,1H3,(H,13,14). The molecule has 0 unspecified atom stereocenters. The summed E-state index contributed by atoms with van der Waals surface area (Å²) in [6.07, 6.45) is 0.721. The SMILES string of the molecule is CCCN(CC(=O)O)C(=O)N1CCS(=O)CC1. The molecule has 1 fully saturated rings. The zero-order chi connectivity index (χ0) is 12.8. The topological polar surface area (TPSA) is 77.9 Å². The normalized spacial score (nSPS) is 16.9. The van der Waals surface area contributed by atoms with Gasteiger partial charge in [0.2, 0.25) is 0 Å². The van der Waals surface area contributed by atoms with Gasteiger partial charge >= 0.3 is 12.0 Å². The number of amides is 2. The highest BCUT2D eigenvalue weighted by Gasteiger charge is 2.25. The average Bonchev–Trinajstić information content (AvgIpc) is 2.28.